The maximum atomic E-state index is 12.1. The van der Waals surface area contributed by atoms with Crippen LogP contribution in [-0.2, 0) is 4.79 Å². The zero-order chi connectivity index (χ0) is 18.5. The number of ether oxygens (including phenoxy) is 2. The molecular formula is C18H15ClN2O5. The summed E-state index contributed by atoms with van der Waals surface area (Å²) in [4.78, 5) is 22.4. The normalized spacial score (nSPS) is 13.3. The van der Waals surface area contributed by atoms with E-state index < -0.39 is 10.8 Å². The van der Waals surface area contributed by atoms with E-state index in [-0.39, 0.29) is 5.69 Å². The molecule has 0 radical (unpaired) electrons. The fourth-order valence-electron chi connectivity index (χ4n) is 2.37. The van der Waals surface area contributed by atoms with Crippen molar-refractivity contribution in [2.75, 3.05) is 18.5 Å². The Balaban J connectivity index is 1.73. The van der Waals surface area contributed by atoms with Crippen LogP contribution in [0.15, 0.2) is 42.5 Å². The van der Waals surface area contributed by atoms with E-state index >= 15 is 0 Å². The van der Waals surface area contributed by atoms with E-state index in [9.17, 15) is 14.9 Å². The van der Waals surface area contributed by atoms with E-state index in [0.29, 0.717) is 41.0 Å². The van der Waals surface area contributed by atoms with E-state index in [2.05, 4.69) is 5.32 Å². The molecule has 0 spiro atoms. The fraction of sp³-hybridized carbons (Fsp3) is 0.167. The van der Waals surface area contributed by atoms with Crippen molar-refractivity contribution >= 4 is 35.0 Å². The number of anilines is 1. The van der Waals surface area contributed by atoms with Gasteiger partial charge in [0.2, 0.25) is 5.91 Å². The number of benzene rings is 2. The Bertz CT molecular complexity index is 882. The van der Waals surface area contributed by atoms with Gasteiger partial charge < -0.3 is 14.8 Å². The number of carbonyl (C=O) groups excluding carboxylic acids is 1. The van der Waals surface area contributed by atoms with Gasteiger partial charge in [-0.3, -0.25) is 14.9 Å². The van der Waals surface area contributed by atoms with Gasteiger partial charge in [0.25, 0.3) is 5.69 Å². The molecule has 0 aliphatic carbocycles. The summed E-state index contributed by atoms with van der Waals surface area (Å²) in [5, 5.41) is 13.8. The molecule has 0 saturated carbocycles. The molecule has 2 aromatic carbocycles. The number of fused-ring (bicyclic) bond motifs is 1. The summed E-state index contributed by atoms with van der Waals surface area (Å²) in [6.07, 6.45) is 3.53. The molecule has 1 amide bonds. The average molecular weight is 375 g/mol. The number of amides is 1. The molecule has 1 aliphatic heterocycles. The van der Waals surface area contributed by atoms with Crippen LogP contribution in [-0.4, -0.2) is 24.0 Å². The molecule has 134 valence electrons. The number of nitrogens with one attached hydrogen (secondary N) is 1. The monoisotopic (exact) mass is 374 g/mol. The maximum Gasteiger partial charge on any atom is 0.270 e. The number of carbonyl (C=O) groups is 1. The first-order valence-corrected chi connectivity index (χ1v) is 8.23. The highest BCUT2D eigenvalue weighted by molar-refractivity contribution is 6.34. The van der Waals surface area contributed by atoms with E-state index in [1.807, 2.05) is 0 Å². The highest BCUT2D eigenvalue weighted by atomic mass is 35.5. The van der Waals surface area contributed by atoms with Crippen molar-refractivity contribution in [3.8, 4) is 11.5 Å². The number of nitrogens with zero attached hydrogens (tertiary/aromatic N) is 1. The van der Waals surface area contributed by atoms with E-state index in [1.54, 1.807) is 24.3 Å². The molecule has 0 saturated heterocycles. The Morgan fingerprint density at radius 2 is 1.92 bits per heavy atom. The fourth-order valence-corrected chi connectivity index (χ4v) is 2.57. The smallest absolute Gasteiger partial charge is 0.270 e. The number of rotatable bonds is 4. The number of hydrogen-bond acceptors (Lipinski definition) is 5. The van der Waals surface area contributed by atoms with Crippen LogP contribution in [0.1, 0.15) is 12.0 Å². The van der Waals surface area contributed by atoms with Crippen molar-refractivity contribution in [3.05, 3.63) is 63.2 Å². The first-order chi connectivity index (χ1) is 12.5. The van der Waals surface area contributed by atoms with Crippen molar-refractivity contribution in [3.63, 3.8) is 0 Å². The molecule has 8 heteroatoms. The average Bonchev–Trinajstić information content (AvgIpc) is 2.85. The topological polar surface area (TPSA) is 90.7 Å². The molecule has 1 N–H and O–H groups in total. The maximum absolute atomic E-state index is 12.1. The van der Waals surface area contributed by atoms with Gasteiger partial charge in [-0.2, -0.15) is 0 Å². The summed E-state index contributed by atoms with van der Waals surface area (Å²) in [5.41, 5.74) is 0.891. The molecule has 0 fully saturated rings. The van der Waals surface area contributed by atoms with Gasteiger partial charge in [0.1, 0.15) is 0 Å². The van der Waals surface area contributed by atoms with Crippen molar-refractivity contribution in [1.29, 1.82) is 0 Å². The summed E-state index contributed by atoms with van der Waals surface area (Å²) < 4.78 is 11.1. The number of hydrogen-bond donors (Lipinski definition) is 1. The summed E-state index contributed by atoms with van der Waals surface area (Å²) in [5.74, 6) is 0.635. The summed E-state index contributed by atoms with van der Waals surface area (Å²) in [6, 6.07) is 9.19. The molecule has 7 nitrogen and oxygen atoms in total. The first-order valence-electron chi connectivity index (χ1n) is 7.85. The van der Waals surface area contributed by atoms with Crippen molar-refractivity contribution < 1.29 is 19.2 Å². The lowest BCUT2D eigenvalue weighted by Gasteiger charge is -2.11. The largest absolute Gasteiger partial charge is 0.490 e. The standard InChI is InChI=1S/C18H15ClN2O5/c19-14-10-16-17(26-8-2-7-25-16)11-15(14)20-18(22)6-5-12-3-1-4-13(9-12)21(23)24/h1,3-6,9-11H,2,7-8H2,(H,20,22). The van der Waals surface area contributed by atoms with Gasteiger partial charge in [-0.25, -0.2) is 0 Å². The van der Waals surface area contributed by atoms with Gasteiger partial charge in [0.05, 0.1) is 28.8 Å². The van der Waals surface area contributed by atoms with Crippen LogP contribution in [0.3, 0.4) is 0 Å². The summed E-state index contributed by atoms with van der Waals surface area (Å²) >= 11 is 6.18. The molecule has 0 atom stereocenters. The molecule has 0 bridgehead atoms. The van der Waals surface area contributed by atoms with Gasteiger partial charge >= 0.3 is 0 Å². The predicted octanol–water partition coefficient (Wildman–Crippen LogP) is 4.06. The van der Waals surface area contributed by atoms with Crippen LogP contribution < -0.4 is 14.8 Å². The molecule has 2 aromatic rings. The predicted molar refractivity (Wildman–Crippen MR) is 97.8 cm³/mol. The summed E-state index contributed by atoms with van der Waals surface area (Å²) in [6.45, 7) is 1.07. The zero-order valence-electron chi connectivity index (χ0n) is 13.6. The highest BCUT2D eigenvalue weighted by Crippen LogP contribution is 2.37. The number of nitro benzene ring substituents is 1. The second kappa shape index (κ2) is 7.88. The molecule has 1 aliphatic rings. The van der Waals surface area contributed by atoms with Crippen LogP contribution in [0.2, 0.25) is 5.02 Å². The van der Waals surface area contributed by atoms with Gasteiger partial charge in [-0.15, -0.1) is 0 Å². The van der Waals surface area contributed by atoms with Gasteiger partial charge in [0, 0.05) is 36.8 Å². The Morgan fingerprint density at radius 3 is 2.65 bits per heavy atom. The molecule has 26 heavy (non-hydrogen) atoms. The van der Waals surface area contributed by atoms with Crippen LogP contribution in [0.5, 0.6) is 11.5 Å². The molecular weight excluding hydrogens is 360 g/mol. The van der Waals surface area contributed by atoms with Crippen LogP contribution >= 0.6 is 11.6 Å². The lowest BCUT2D eigenvalue weighted by atomic mass is 10.2. The van der Waals surface area contributed by atoms with E-state index in [1.165, 1.54) is 24.3 Å². The van der Waals surface area contributed by atoms with Gasteiger partial charge in [0.15, 0.2) is 11.5 Å². The second-order valence-electron chi connectivity index (χ2n) is 5.50. The van der Waals surface area contributed by atoms with Gasteiger partial charge in [-0.05, 0) is 11.6 Å². The summed E-state index contributed by atoms with van der Waals surface area (Å²) in [7, 11) is 0. The SMILES string of the molecule is O=C(C=Cc1cccc([N+](=O)[O-])c1)Nc1cc2c(cc1Cl)OCCCO2. The Morgan fingerprint density at radius 1 is 1.19 bits per heavy atom. The minimum absolute atomic E-state index is 0.0431. The first kappa shape index (κ1) is 17.8. The number of nitro groups is 1. The molecule has 0 aromatic heterocycles. The lowest BCUT2D eigenvalue weighted by Crippen LogP contribution is -2.08. The van der Waals surface area contributed by atoms with Crippen molar-refractivity contribution in [2.24, 2.45) is 0 Å². The van der Waals surface area contributed by atoms with Crippen LogP contribution in [0, 0.1) is 10.1 Å². The zero-order valence-corrected chi connectivity index (χ0v) is 14.4. The van der Waals surface area contributed by atoms with Crippen LogP contribution in [0.4, 0.5) is 11.4 Å². The molecule has 1 heterocycles. The third kappa shape index (κ3) is 4.31. The third-order valence-corrected chi connectivity index (χ3v) is 3.92. The van der Waals surface area contributed by atoms with Crippen LogP contribution in [0.25, 0.3) is 6.08 Å². The Kier molecular flexibility index (Phi) is 5.38. The quantitative estimate of drug-likeness (QED) is 0.495. The Hall–Kier alpha value is -3.06. The molecule has 0 unspecified atom stereocenters. The van der Waals surface area contributed by atoms with Crippen molar-refractivity contribution in [2.45, 2.75) is 6.42 Å². The van der Waals surface area contributed by atoms with Crippen molar-refractivity contribution in [1.82, 2.24) is 0 Å². The van der Waals surface area contributed by atoms with Gasteiger partial charge in [-0.1, -0.05) is 23.7 Å². The number of halogens is 1. The van der Waals surface area contributed by atoms with E-state index in [4.69, 9.17) is 21.1 Å². The Labute approximate surface area is 154 Å². The molecule has 3 rings (SSSR count). The van der Waals surface area contributed by atoms with E-state index in [0.717, 1.165) is 6.42 Å². The minimum Gasteiger partial charge on any atom is -0.490 e. The second-order valence-corrected chi connectivity index (χ2v) is 5.91. The highest BCUT2D eigenvalue weighted by Gasteiger charge is 2.15. The minimum atomic E-state index is -0.491. The third-order valence-electron chi connectivity index (χ3n) is 3.60. The number of non-ortho nitro benzene ring substituents is 1. The lowest BCUT2D eigenvalue weighted by molar-refractivity contribution is -0.384.